The maximum absolute atomic E-state index is 12.1. The first kappa shape index (κ1) is 19.2. The van der Waals surface area contributed by atoms with Gasteiger partial charge in [0.25, 0.3) is 5.56 Å². The Morgan fingerprint density at radius 3 is 2.74 bits per heavy atom. The zero-order valence-electron chi connectivity index (χ0n) is 13.3. The van der Waals surface area contributed by atoms with Gasteiger partial charge in [0.05, 0.1) is 12.6 Å². The van der Waals surface area contributed by atoms with Crippen LogP contribution >= 0.6 is 11.8 Å². The van der Waals surface area contributed by atoms with Crippen molar-refractivity contribution in [3.05, 3.63) is 34.7 Å². The fraction of sp³-hybridized carbons (Fsp3) is 0.533. The zero-order valence-corrected chi connectivity index (χ0v) is 14.1. The summed E-state index contributed by atoms with van der Waals surface area (Å²) in [6, 6.07) is 4.10. The van der Waals surface area contributed by atoms with Crippen LogP contribution in [0.2, 0.25) is 0 Å². The first-order valence-corrected chi connectivity index (χ1v) is 8.70. The van der Waals surface area contributed by atoms with Crippen molar-refractivity contribution in [1.82, 2.24) is 15.2 Å². The number of rotatable bonds is 9. The van der Waals surface area contributed by atoms with Crippen LogP contribution in [0.3, 0.4) is 0 Å². The number of thioether (sulfide) groups is 1. The number of aliphatic hydroxyl groups excluding tert-OH is 1. The Hall–Kier alpha value is -1.80. The SMILES string of the molecule is CSCCC(NC(C)=O)C(=O)NCC(O)Cn1ccccc1=O. The van der Waals surface area contributed by atoms with Gasteiger partial charge in [0.1, 0.15) is 6.04 Å². The predicted octanol–water partition coefficient (Wildman–Crippen LogP) is -0.417. The summed E-state index contributed by atoms with van der Waals surface area (Å²) >= 11 is 1.58. The first-order valence-electron chi connectivity index (χ1n) is 7.31. The van der Waals surface area contributed by atoms with E-state index in [2.05, 4.69) is 10.6 Å². The van der Waals surface area contributed by atoms with Crippen molar-refractivity contribution in [2.45, 2.75) is 32.0 Å². The van der Waals surface area contributed by atoms with Crippen LogP contribution in [0.15, 0.2) is 29.2 Å². The van der Waals surface area contributed by atoms with Gasteiger partial charge in [0.2, 0.25) is 11.8 Å². The number of amides is 2. The van der Waals surface area contributed by atoms with Gasteiger partial charge in [-0.2, -0.15) is 11.8 Å². The van der Waals surface area contributed by atoms with Crippen LogP contribution in [-0.2, 0) is 16.1 Å². The molecule has 1 aromatic heterocycles. The van der Waals surface area contributed by atoms with Crippen LogP contribution in [-0.4, -0.2) is 52.2 Å². The second-order valence-electron chi connectivity index (χ2n) is 5.12. The van der Waals surface area contributed by atoms with Crippen LogP contribution in [0.25, 0.3) is 0 Å². The van der Waals surface area contributed by atoms with Crippen molar-refractivity contribution in [3.63, 3.8) is 0 Å². The maximum Gasteiger partial charge on any atom is 0.250 e. The van der Waals surface area contributed by atoms with E-state index in [-0.39, 0.29) is 30.5 Å². The molecule has 0 saturated heterocycles. The molecule has 1 aromatic rings. The van der Waals surface area contributed by atoms with Crippen molar-refractivity contribution >= 4 is 23.6 Å². The number of pyridine rings is 1. The lowest BCUT2D eigenvalue weighted by atomic mass is 10.2. The summed E-state index contributed by atoms with van der Waals surface area (Å²) in [5.74, 6) is 0.122. The van der Waals surface area contributed by atoms with Gasteiger partial charge >= 0.3 is 0 Å². The second-order valence-corrected chi connectivity index (χ2v) is 6.11. The molecular formula is C15H23N3O4S. The van der Waals surface area contributed by atoms with Gasteiger partial charge in [0, 0.05) is 25.7 Å². The summed E-state index contributed by atoms with van der Waals surface area (Å²) in [7, 11) is 0. The van der Waals surface area contributed by atoms with Gasteiger partial charge < -0.3 is 20.3 Å². The minimum absolute atomic E-state index is 0.00944. The molecule has 7 nitrogen and oxygen atoms in total. The fourth-order valence-corrected chi connectivity index (χ4v) is 2.47. The summed E-state index contributed by atoms with van der Waals surface area (Å²) in [6.07, 6.45) is 3.12. The molecular weight excluding hydrogens is 318 g/mol. The number of hydrogen-bond donors (Lipinski definition) is 3. The summed E-state index contributed by atoms with van der Waals surface area (Å²) in [4.78, 5) is 34.8. The highest BCUT2D eigenvalue weighted by Gasteiger charge is 2.19. The maximum atomic E-state index is 12.1. The molecule has 0 spiro atoms. The van der Waals surface area contributed by atoms with Gasteiger partial charge in [-0.15, -0.1) is 0 Å². The standard InChI is InChI=1S/C15H23N3O4S/c1-11(19)17-13(6-8-23-2)15(22)16-9-12(20)10-18-7-4-3-5-14(18)21/h3-5,7,12-13,20H,6,8-10H2,1-2H3,(H,16,22)(H,17,19). The monoisotopic (exact) mass is 341 g/mol. The quantitative estimate of drug-likeness (QED) is 0.567. The van der Waals surface area contributed by atoms with E-state index in [9.17, 15) is 19.5 Å². The van der Waals surface area contributed by atoms with E-state index in [0.717, 1.165) is 5.75 Å². The molecule has 8 heteroatoms. The highest BCUT2D eigenvalue weighted by atomic mass is 32.2. The summed E-state index contributed by atoms with van der Waals surface area (Å²) in [5, 5.41) is 15.2. The Bertz CT molecular complexity index is 576. The van der Waals surface area contributed by atoms with Crippen LogP contribution in [0, 0.1) is 0 Å². The predicted molar refractivity (Wildman–Crippen MR) is 90.3 cm³/mol. The number of carbonyl (C=O) groups excluding carboxylic acids is 2. The summed E-state index contributed by atoms with van der Waals surface area (Å²) in [6.45, 7) is 1.46. The number of aliphatic hydroxyl groups is 1. The number of aromatic nitrogens is 1. The molecule has 1 heterocycles. The highest BCUT2D eigenvalue weighted by Crippen LogP contribution is 2.01. The topological polar surface area (TPSA) is 100 Å². The molecule has 0 aliphatic heterocycles. The molecule has 1 rings (SSSR count). The average Bonchev–Trinajstić information content (AvgIpc) is 2.51. The third-order valence-corrected chi connectivity index (χ3v) is 3.77. The van der Waals surface area contributed by atoms with E-state index >= 15 is 0 Å². The number of nitrogens with zero attached hydrogens (tertiary/aromatic N) is 1. The van der Waals surface area contributed by atoms with Gasteiger partial charge in [-0.05, 0) is 24.5 Å². The van der Waals surface area contributed by atoms with Crippen molar-refractivity contribution in [3.8, 4) is 0 Å². The first-order chi connectivity index (χ1) is 10.9. The average molecular weight is 341 g/mol. The van der Waals surface area contributed by atoms with Gasteiger partial charge in [-0.1, -0.05) is 6.07 Å². The number of carbonyl (C=O) groups is 2. The Balaban J connectivity index is 2.50. The lowest BCUT2D eigenvalue weighted by Crippen LogP contribution is -2.48. The van der Waals surface area contributed by atoms with E-state index in [1.54, 1.807) is 30.1 Å². The molecule has 0 aliphatic carbocycles. The largest absolute Gasteiger partial charge is 0.389 e. The molecule has 0 aromatic carbocycles. The lowest BCUT2D eigenvalue weighted by molar-refractivity contribution is -0.128. The molecule has 0 saturated carbocycles. The van der Waals surface area contributed by atoms with Crippen molar-refractivity contribution in [2.24, 2.45) is 0 Å². The van der Waals surface area contributed by atoms with E-state index < -0.39 is 12.1 Å². The zero-order chi connectivity index (χ0) is 17.2. The van der Waals surface area contributed by atoms with Crippen molar-refractivity contribution < 1.29 is 14.7 Å². The van der Waals surface area contributed by atoms with Crippen LogP contribution in [0.4, 0.5) is 0 Å². The van der Waals surface area contributed by atoms with E-state index in [4.69, 9.17) is 0 Å². The summed E-state index contributed by atoms with van der Waals surface area (Å²) < 4.78 is 1.37. The Morgan fingerprint density at radius 2 is 2.13 bits per heavy atom. The number of nitrogens with one attached hydrogen (secondary N) is 2. The van der Waals surface area contributed by atoms with Crippen LogP contribution in [0.5, 0.6) is 0 Å². The molecule has 0 fully saturated rings. The van der Waals surface area contributed by atoms with Crippen molar-refractivity contribution in [1.29, 1.82) is 0 Å². The highest BCUT2D eigenvalue weighted by molar-refractivity contribution is 7.98. The molecule has 2 amide bonds. The second kappa shape index (κ2) is 10.1. The molecule has 23 heavy (non-hydrogen) atoms. The molecule has 2 unspecified atom stereocenters. The van der Waals surface area contributed by atoms with Gasteiger partial charge in [0.15, 0.2) is 0 Å². The van der Waals surface area contributed by atoms with Crippen LogP contribution < -0.4 is 16.2 Å². The molecule has 0 aliphatic rings. The van der Waals surface area contributed by atoms with Crippen LogP contribution in [0.1, 0.15) is 13.3 Å². The molecule has 0 bridgehead atoms. The Morgan fingerprint density at radius 1 is 1.39 bits per heavy atom. The summed E-state index contributed by atoms with van der Waals surface area (Å²) in [5.41, 5.74) is -0.214. The van der Waals surface area contributed by atoms with Gasteiger partial charge in [-0.25, -0.2) is 0 Å². The Labute approximate surface area is 139 Å². The molecule has 2 atom stereocenters. The number of hydrogen-bond acceptors (Lipinski definition) is 5. The Kier molecular flexibility index (Phi) is 8.42. The smallest absolute Gasteiger partial charge is 0.250 e. The minimum atomic E-state index is -0.891. The van der Waals surface area contributed by atoms with E-state index in [0.29, 0.717) is 6.42 Å². The minimum Gasteiger partial charge on any atom is -0.389 e. The fourth-order valence-electron chi connectivity index (χ4n) is 1.99. The molecule has 128 valence electrons. The normalized spacial score (nSPS) is 13.2. The molecule has 3 N–H and O–H groups in total. The van der Waals surface area contributed by atoms with Crippen molar-refractivity contribution in [2.75, 3.05) is 18.6 Å². The third-order valence-electron chi connectivity index (χ3n) is 3.12. The third kappa shape index (κ3) is 7.34. The molecule has 0 radical (unpaired) electrons. The van der Waals surface area contributed by atoms with E-state index in [1.807, 2.05) is 6.26 Å². The van der Waals surface area contributed by atoms with E-state index in [1.165, 1.54) is 17.6 Å². The van der Waals surface area contributed by atoms with Gasteiger partial charge in [-0.3, -0.25) is 14.4 Å². The lowest BCUT2D eigenvalue weighted by Gasteiger charge is -2.19.